The molecule has 0 bridgehead atoms. The second-order valence-electron chi connectivity index (χ2n) is 3.06. The van der Waals surface area contributed by atoms with E-state index in [1.807, 2.05) is 19.9 Å². The van der Waals surface area contributed by atoms with Crippen molar-refractivity contribution < 1.29 is 0 Å². The van der Waals surface area contributed by atoms with Crippen LogP contribution < -0.4 is 5.56 Å². The fourth-order valence-corrected chi connectivity index (χ4v) is 1.17. The molecular formula is C9H12ClNO. The van der Waals surface area contributed by atoms with E-state index in [1.54, 1.807) is 6.07 Å². The molecule has 3 heteroatoms. The van der Waals surface area contributed by atoms with Crippen LogP contribution in [0.3, 0.4) is 0 Å². The summed E-state index contributed by atoms with van der Waals surface area (Å²) in [6, 6.07) is 3.69. The van der Waals surface area contributed by atoms with Gasteiger partial charge in [0.25, 0.3) is 5.56 Å². The molecule has 1 aromatic rings. The molecule has 0 atom stereocenters. The molecule has 0 aliphatic heterocycles. The predicted octanol–water partition coefficient (Wildman–Crippen LogP) is 2.24. The molecule has 0 unspecified atom stereocenters. The zero-order chi connectivity index (χ0) is 9.14. The van der Waals surface area contributed by atoms with Crippen LogP contribution in [0.1, 0.15) is 31.0 Å². The summed E-state index contributed by atoms with van der Waals surface area (Å²) in [6.45, 7) is 4.07. The number of pyridine rings is 1. The molecule has 2 nitrogen and oxygen atoms in total. The standard InChI is InChI=1S/C9H12ClNO/c1-6(2)8-4-3-7(5-10)9(12)11-8/h3-4,6H,5H2,1-2H3,(H,11,12). The maximum atomic E-state index is 11.2. The van der Waals surface area contributed by atoms with Crippen LogP contribution in [0.5, 0.6) is 0 Å². The first-order valence-corrected chi connectivity index (χ1v) is 4.46. The van der Waals surface area contributed by atoms with Crippen molar-refractivity contribution in [3.63, 3.8) is 0 Å². The van der Waals surface area contributed by atoms with Crippen molar-refractivity contribution in [2.45, 2.75) is 25.6 Å². The normalized spacial score (nSPS) is 10.7. The highest BCUT2D eigenvalue weighted by Gasteiger charge is 2.02. The number of hydrogen-bond donors (Lipinski definition) is 1. The smallest absolute Gasteiger partial charge is 0.252 e. The zero-order valence-corrected chi connectivity index (χ0v) is 7.98. The van der Waals surface area contributed by atoms with Gasteiger partial charge in [-0.3, -0.25) is 4.79 Å². The molecule has 1 N–H and O–H groups in total. The quantitative estimate of drug-likeness (QED) is 0.705. The first-order chi connectivity index (χ1) is 5.65. The van der Waals surface area contributed by atoms with Gasteiger partial charge in [0, 0.05) is 11.3 Å². The molecule has 1 aromatic heterocycles. The van der Waals surface area contributed by atoms with Gasteiger partial charge in [-0.1, -0.05) is 19.9 Å². The Balaban J connectivity index is 3.11. The van der Waals surface area contributed by atoms with E-state index in [0.29, 0.717) is 11.5 Å². The zero-order valence-electron chi connectivity index (χ0n) is 7.23. The van der Waals surface area contributed by atoms with E-state index in [9.17, 15) is 4.79 Å². The first-order valence-electron chi connectivity index (χ1n) is 3.93. The number of hydrogen-bond acceptors (Lipinski definition) is 1. The van der Waals surface area contributed by atoms with E-state index < -0.39 is 0 Å². The van der Waals surface area contributed by atoms with Crippen LogP contribution in [-0.4, -0.2) is 4.98 Å². The molecule has 0 aromatic carbocycles. The van der Waals surface area contributed by atoms with Crippen molar-refractivity contribution in [2.24, 2.45) is 0 Å². The molecule has 1 heterocycles. The van der Waals surface area contributed by atoms with Gasteiger partial charge in [-0.05, 0) is 12.0 Å². The summed E-state index contributed by atoms with van der Waals surface area (Å²) in [5.74, 6) is 0.621. The molecule has 0 amide bonds. The Hall–Kier alpha value is -0.760. The summed E-state index contributed by atoms with van der Waals surface area (Å²) < 4.78 is 0. The molecule has 1 rings (SSSR count). The number of alkyl halides is 1. The Morgan fingerprint density at radius 1 is 1.50 bits per heavy atom. The predicted molar refractivity (Wildman–Crippen MR) is 50.7 cm³/mol. The molecule has 0 aliphatic carbocycles. The lowest BCUT2D eigenvalue weighted by atomic mass is 10.1. The summed E-state index contributed by atoms with van der Waals surface area (Å²) in [6.07, 6.45) is 0. The number of rotatable bonds is 2. The third-order valence-corrected chi connectivity index (χ3v) is 2.07. The number of nitrogens with one attached hydrogen (secondary N) is 1. The highest BCUT2D eigenvalue weighted by Crippen LogP contribution is 2.09. The Morgan fingerprint density at radius 3 is 2.58 bits per heavy atom. The van der Waals surface area contributed by atoms with Gasteiger partial charge in [-0.2, -0.15) is 0 Å². The van der Waals surface area contributed by atoms with E-state index in [1.165, 1.54) is 0 Å². The van der Waals surface area contributed by atoms with Gasteiger partial charge in [-0.25, -0.2) is 0 Å². The molecule has 66 valence electrons. The van der Waals surface area contributed by atoms with Crippen LogP contribution in [0.25, 0.3) is 0 Å². The van der Waals surface area contributed by atoms with Crippen LogP contribution in [0.4, 0.5) is 0 Å². The molecule has 0 fully saturated rings. The van der Waals surface area contributed by atoms with Crippen molar-refractivity contribution in [2.75, 3.05) is 0 Å². The first kappa shape index (κ1) is 9.33. The largest absolute Gasteiger partial charge is 0.326 e. The molecule has 0 aliphatic rings. The molecular weight excluding hydrogens is 174 g/mol. The summed E-state index contributed by atoms with van der Waals surface area (Å²) >= 11 is 5.54. The van der Waals surface area contributed by atoms with Gasteiger partial charge in [0.1, 0.15) is 0 Å². The topological polar surface area (TPSA) is 32.9 Å². The maximum absolute atomic E-state index is 11.2. The van der Waals surface area contributed by atoms with Crippen molar-refractivity contribution in [1.82, 2.24) is 4.98 Å². The van der Waals surface area contributed by atoms with Crippen LogP contribution in [-0.2, 0) is 5.88 Å². The van der Waals surface area contributed by atoms with Crippen molar-refractivity contribution in [1.29, 1.82) is 0 Å². The summed E-state index contributed by atoms with van der Waals surface area (Å²) in [5, 5.41) is 0. The summed E-state index contributed by atoms with van der Waals surface area (Å²) in [7, 11) is 0. The van der Waals surface area contributed by atoms with E-state index >= 15 is 0 Å². The number of halogens is 1. The minimum absolute atomic E-state index is 0.0730. The SMILES string of the molecule is CC(C)c1ccc(CCl)c(=O)[nH]1. The highest BCUT2D eigenvalue weighted by molar-refractivity contribution is 6.17. The summed E-state index contributed by atoms with van der Waals surface area (Å²) in [5.41, 5.74) is 1.51. The Morgan fingerprint density at radius 2 is 2.17 bits per heavy atom. The number of H-pyrrole nitrogens is 1. The average Bonchev–Trinajstić information content (AvgIpc) is 2.04. The molecule has 0 saturated heterocycles. The minimum atomic E-state index is -0.0730. The van der Waals surface area contributed by atoms with Gasteiger partial charge in [0.2, 0.25) is 0 Å². The lowest BCUT2D eigenvalue weighted by Crippen LogP contribution is -2.13. The van der Waals surface area contributed by atoms with Gasteiger partial charge in [0.15, 0.2) is 0 Å². The lowest BCUT2D eigenvalue weighted by molar-refractivity contribution is 0.812. The molecule has 0 radical (unpaired) electrons. The van der Waals surface area contributed by atoms with E-state index in [4.69, 9.17) is 11.6 Å². The van der Waals surface area contributed by atoms with Crippen LogP contribution >= 0.6 is 11.6 Å². The van der Waals surface area contributed by atoms with Gasteiger partial charge < -0.3 is 4.98 Å². The third kappa shape index (κ3) is 1.89. The average molecular weight is 186 g/mol. The van der Waals surface area contributed by atoms with Gasteiger partial charge in [-0.15, -0.1) is 11.6 Å². The van der Waals surface area contributed by atoms with E-state index in [0.717, 1.165) is 5.69 Å². The van der Waals surface area contributed by atoms with Crippen molar-refractivity contribution in [3.05, 3.63) is 33.7 Å². The Labute approximate surface area is 76.6 Å². The van der Waals surface area contributed by atoms with Crippen molar-refractivity contribution >= 4 is 11.6 Å². The molecule has 12 heavy (non-hydrogen) atoms. The maximum Gasteiger partial charge on any atom is 0.252 e. The molecule has 0 saturated carbocycles. The van der Waals surface area contributed by atoms with Gasteiger partial charge >= 0.3 is 0 Å². The fourth-order valence-electron chi connectivity index (χ4n) is 0.961. The lowest BCUT2D eigenvalue weighted by Gasteiger charge is -2.04. The van der Waals surface area contributed by atoms with Gasteiger partial charge in [0.05, 0.1) is 5.88 Å². The van der Waals surface area contributed by atoms with Crippen molar-refractivity contribution in [3.8, 4) is 0 Å². The van der Waals surface area contributed by atoms with Crippen LogP contribution in [0, 0.1) is 0 Å². The van der Waals surface area contributed by atoms with Crippen LogP contribution in [0.15, 0.2) is 16.9 Å². The Kier molecular flexibility index (Phi) is 2.93. The molecule has 0 spiro atoms. The number of aromatic amines is 1. The minimum Gasteiger partial charge on any atom is -0.326 e. The Bertz CT molecular complexity index is 317. The van der Waals surface area contributed by atoms with Crippen LogP contribution in [0.2, 0.25) is 0 Å². The second-order valence-corrected chi connectivity index (χ2v) is 3.32. The fraction of sp³-hybridized carbons (Fsp3) is 0.444. The third-order valence-electron chi connectivity index (χ3n) is 1.78. The number of aromatic nitrogens is 1. The summed E-state index contributed by atoms with van der Waals surface area (Å²) in [4.78, 5) is 14.0. The highest BCUT2D eigenvalue weighted by atomic mass is 35.5. The second kappa shape index (κ2) is 3.76. The van der Waals surface area contributed by atoms with E-state index in [2.05, 4.69) is 4.98 Å². The monoisotopic (exact) mass is 185 g/mol. The van der Waals surface area contributed by atoms with E-state index in [-0.39, 0.29) is 11.4 Å².